The van der Waals surface area contributed by atoms with Crippen LogP contribution in [0.5, 0.6) is 5.75 Å². The molecule has 0 spiro atoms. The summed E-state index contributed by atoms with van der Waals surface area (Å²) in [6.45, 7) is 3.74. The summed E-state index contributed by atoms with van der Waals surface area (Å²) in [6, 6.07) is 12.4. The number of hydrogen-bond acceptors (Lipinski definition) is 4. The van der Waals surface area contributed by atoms with Crippen molar-refractivity contribution in [2.75, 3.05) is 0 Å². The van der Waals surface area contributed by atoms with Crippen molar-refractivity contribution in [3.05, 3.63) is 59.5 Å². The Morgan fingerprint density at radius 3 is 2.60 bits per heavy atom. The first-order valence-corrected chi connectivity index (χ1v) is 6.28. The van der Waals surface area contributed by atoms with Crippen LogP contribution in [0.4, 0.5) is 0 Å². The second-order valence-electron chi connectivity index (χ2n) is 4.62. The molecule has 20 heavy (non-hydrogen) atoms. The highest BCUT2D eigenvalue weighted by Crippen LogP contribution is 2.22. The van der Waals surface area contributed by atoms with Crippen molar-refractivity contribution in [1.82, 2.24) is 4.98 Å². The second kappa shape index (κ2) is 4.81. The normalized spacial score (nSPS) is 10.7. The van der Waals surface area contributed by atoms with Crippen LogP contribution in [0.15, 0.2) is 46.9 Å². The van der Waals surface area contributed by atoms with E-state index in [0.29, 0.717) is 22.8 Å². The fourth-order valence-electron chi connectivity index (χ4n) is 1.94. The van der Waals surface area contributed by atoms with Crippen molar-refractivity contribution in [2.24, 2.45) is 0 Å². The van der Waals surface area contributed by atoms with Gasteiger partial charge in [-0.3, -0.25) is 0 Å². The molecule has 0 atom stereocenters. The molecule has 0 saturated carbocycles. The number of aryl methyl sites for hydroxylation is 2. The number of benzene rings is 2. The van der Waals surface area contributed by atoms with Crippen molar-refractivity contribution >= 4 is 17.1 Å². The summed E-state index contributed by atoms with van der Waals surface area (Å²) in [7, 11) is 0. The Labute approximate surface area is 116 Å². The van der Waals surface area contributed by atoms with Crippen molar-refractivity contribution in [2.45, 2.75) is 13.8 Å². The molecule has 0 unspecified atom stereocenters. The van der Waals surface area contributed by atoms with Gasteiger partial charge in [0.05, 0.1) is 5.56 Å². The van der Waals surface area contributed by atoms with Gasteiger partial charge in [0.1, 0.15) is 11.3 Å². The van der Waals surface area contributed by atoms with Crippen LogP contribution < -0.4 is 4.74 Å². The third kappa shape index (κ3) is 2.40. The van der Waals surface area contributed by atoms with Crippen LogP contribution in [-0.2, 0) is 0 Å². The number of nitrogens with zero attached hydrogens (tertiary/aromatic N) is 1. The average Bonchev–Trinajstić information content (AvgIpc) is 2.78. The maximum absolute atomic E-state index is 12.0. The zero-order valence-corrected chi connectivity index (χ0v) is 11.2. The third-order valence-electron chi connectivity index (χ3n) is 2.96. The topological polar surface area (TPSA) is 52.3 Å². The fourth-order valence-corrected chi connectivity index (χ4v) is 1.94. The summed E-state index contributed by atoms with van der Waals surface area (Å²) in [5.41, 5.74) is 2.97. The van der Waals surface area contributed by atoms with E-state index in [1.54, 1.807) is 37.3 Å². The van der Waals surface area contributed by atoms with E-state index in [-0.39, 0.29) is 5.97 Å². The highest BCUT2D eigenvalue weighted by atomic mass is 16.5. The number of fused-ring (bicyclic) bond motifs is 1. The average molecular weight is 267 g/mol. The summed E-state index contributed by atoms with van der Waals surface area (Å²) in [4.78, 5) is 16.2. The first kappa shape index (κ1) is 12.4. The molecule has 3 aromatic rings. The largest absolute Gasteiger partial charge is 0.441 e. The smallest absolute Gasteiger partial charge is 0.343 e. The molecule has 0 aliphatic rings. The number of ether oxygens (including phenoxy) is 1. The molecule has 4 heteroatoms. The van der Waals surface area contributed by atoms with Gasteiger partial charge in [-0.25, -0.2) is 9.78 Å². The number of carbonyl (C=O) groups excluding carboxylic acids is 1. The molecule has 3 rings (SSSR count). The van der Waals surface area contributed by atoms with Gasteiger partial charge in [0.15, 0.2) is 11.5 Å². The van der Waals surface area contributed by atoms with E-state index in [2.05, 4.69) is 4.98 Å². The fraction of sp³-hybridized carbons (Fsp3) is 0.125. The lowest BCUT2D eigenvalue weighted by Gasteiger charge is -2.04. The Kier molecular flexibility index (Phi) is 2.99. The van der Waals surface area contributed by atoms with E-state index in [0.717, 1.165) is 11.1 Å². The monoisotopic (exact) mass is 267 g/mol. The highest BCUT2D eigenvalue weighted by molar-refractivity contribution is 5.91. The van der Waals surface area contributed by atoms with Crippen LogP contribution in [0.2, 0.25) is 0 Å². The lowest BCUT2D eigenvalue weighted by molar-refractivity contribution is 0.0735. The van der Waals surface area contributed by atoms with Crippen LogP contribution >= 0.6 is 0 Å². The standard InChI is InChI=1S/C16H13NO3/c1-10-3-5-12(6-4-10)16(18)20-13-7-8-14-15(9-13)19-11(2)17-14/h3-9H,1-2H3. The predicted octanol–water partition coefficient (Wildman–Crippen LogP) is 3.66. The third-order valence-corrected chi connectivity index (χ3v) is 2.96. The van der Waals surface area contributed by atoms with E-state index in [1.807, 2.05) is 19.1 Å². The number of oxazole rings is 1. The summed E-state index contributed by atoms with van der Waals surface area (Å²) >= 11 is 0. The molecule has 0 saturated heterocycles. The Bertz CT molecular complexity index is 772. The van der Waals surface area contributed by atoms with Gasteiger partial charge in [0.25, 0.3) is 0 Å². The first-order chi connectivity index (χ1) is 9.61. The number of esters is 1. The lowest BCUT2D eigenvalue weighted by Crippen LogP contribution is -2.08. The van der Waals surface area contributed by atoms with E-state index in [9.17, 15) is 4.79 Å². The van der Waals surface area contributed by atoms with Gasteiger partial charge in [0.2, 0.25) is 0 Å². The molecular formula is C16H13NO3. The molecular weight excluding hydrogens is 254 g/mol. The van der Waals surface area contributed by atoms with Gasteiger partial charge < -0.3 is 9.15 Å². The molecule has 0 aliphatic carbocycles. The van der Waals surface area contributed by atoms with Gasteiger partial charge >= 0.3 is 5.97 Å². The minimum atomic E-state index is -0.388. The second-order valence-corrected chi connectivity index (χ2v) is 4.62. The lowest BCUT2D eigenvalue weighted by atomic mass is 10.1. The highest BCUT2D eigenvalue weighted by Gasteiger charge is 2.10. The van der Waals surface area contributed by atoms with Crippen molar-refractivity contribution < 1.29 is 13.9 Å². The number of carbonyl (C=O) groups is 1. The number of hydrogen-bond donors (Lipinski definition) is 0. The van der Waals surface area contributed by atoms with Gasteiger partial charge in [-0.15, -0.1) is 0 Å². The van der Waals surface area contributed by atoms with E-state index in [4.69, 9.17) is 9.15 Å². The maximum Gasteiger partial charge on any atom is 0.343 e. The molecule has 0 radical (unpaired) electrons. The summed E-state index contributed by atoms with van der Waals surface area (Å²) in [5.74, 6) is 0.641. The van der Waals surface area contributed by atoms with Crippen molar-refractivity contribution in [3.8, 4) is 5.75 Å². The summed E-state index contributed by atoms with van der Waals surface area (Å²) < 4.78 is 10.7. The molecule has 4 nitrogen and oxygen atoms in total. The summed E-state index contributed by atoms with van der Waals surface area (Å²) in [6.07, 6.45) is 0. The molecule has 0 amide bonds. The molecule has 1 heterocycles. The van der Waals surface area contributed by atoms with Crippen LogP contribution in [-0.4, -0.2) is 11.0 Å². The van der Waals surface area contributed by atoms with Crippen molar-refractivity contribution in [1.29, 1.82) is 0 Å². The molecule has 0 bridgehead atoms. The molecule has 1 aromatic heterocycles. The molecule has 100 valence electrons. The Morgan fingerprint density at radius 1 is 1.10 bits per heavy atom. The van der Waals surface area contributed by atoms with Crippen LogP contribution in [0.3, 0.4) is 0 Å². The zero-order chi connectivity index (χ0) is 14.1. The number of rotatable bonds is 2. The number of aromatic nitrogens is 1. The van der Waals surface area contributed by atoms with Crippen molar-refractivity contribution in [3.63, 3.8) is 0 Å². The maximum atomic E-state index is 12.0. The molecule has 0 N–H and O–H groups in total. The van der Waals surface area contributed by atoms with Gasteiger partial charge in [0, 0.05) is 13.0 Å². The van der Waals surface area contributed by atoms with Crippen LogP contribution in [0.1, 0.15) is 21.8 Å². The van der Waals surface area contributed by atoms with E-state index in [1.165, 1.54) is 0 Å². The minimum absolute atomic E-state index is 0.388. The zero-order valence-electron chi connectivity index (χ0n) is 11.2. The van der Waals surface area contributed by atoms with Crippen LogP contribution in [0.25, 0.3) is 11.1 Å². The van der Waals surface area contributed by atoms with E-state index < -0.39 is 0 Å². The van der Waals surface area contributed by atoms with E-state index >= 15 is 0 Å². The van der Waals surface area contributed by atoms with Gasteiger partial charge in [-0.05, 0) is 31.2 Å². The minimum Gasteiger partial charge on any atom is -0.441 e. The SMILES string of the molecule is Cc1ccc(C(=O)Oc2ccc3nc(C)oc3c2)cc1. The quantitative estimate of drug-likeness (QED) is 0.525. The Morgan fingerprint density at radius 2 is 1.85 bits per heavy atom. The van der Waals surface area contributed by atoms with Gasteiger partial charge in [-0.1, -0.05) is 17.7 Å². The molecule has 0 fully saturated rings. The van der Waals surface area contributed by atoms with Gasteiger partial charge in [-0.2, -0.15) is 0 Å². The first-order valence-electron chi connectivity index (χ1n) is 6.28. The molecule has 0 aliphatic heterocycles. The van der Waals surface area contributed by atoms with Crippen LogP contribution in [0, 0.1) is 13.8 Å². The Balaban J connectivity index is 1.84. The summed E-state index contributed by atoms with van der Waals surface area (Å²) in [5, 5.41) is 0. The molecule has 2 aromatic carbocycles. The predicted molar refractivity (Wildman–Crippen MR) is 74.9 cm³/mol. The Hall–Kier alpha value is -2.62.